The van der Waals surface area contributed by atoms with Crippen molar-refractivity contribution < 1.29 is 24.2 Å². The Balaban J connectivity index is 1.93. The van der Waals surface area contributed by atoms with Gasteiger partial charge in [-0.1, -0.05) is 6.07 Å². The molecule has 0 heterocycles. The van der Waals surface area contributed by atoms with Crippen LogP contribution >= 0.6 is 0 Å². The molecule has 2 rings (SSSR count). The van der Waals surface area contributed by atoms with Crippen molar-refractivity contribution in [2.75, 3.05) is 13.7 Å². The molecule has 0 saturated heterocycles. The van der Waals surface area contributed by atoms with Gasteiger partial charge in [0.05, 0.1) is 19.1 Å². The fourth-order valence-electron chi connectivity index (χ4n) is 2.20. The third-order valence-electron chi connectivity index (χ3n) is 3.41. The largest absolute Gasteiger partial charge is 0.496 e. The molecule has 0 radical (unpaired) electrons. The van der Waals surface area contributed by atoms with E-state index in [1.165, 1.54) is 13.2 Å². The minimum Gasteiger partial charge on any atom is -0.496 e. The first-order valence-electron chi connectivity index (χ1n) is 6.86. The van der Waals surface area contributed by atoms with E-state index >= 15 is 0 Å². The fourth-order valence-corrected chi connectivity index (χ4v) is 2.20. The molecule has 6 nitrogen and oxygen atoms in total. The molecule has 1 aliphatic carbocycles. The average Bonchev–Trinajstić information content (AvgIpc) is 3.24. The van der Waals surface area contributed by atoms with Crippen LogP contribution in [0.15, 0.2) is 18.2 Å². The van der Waals surface area contributed by atoms with Gasteiger partial charge in [-0.2, -0.15) is 0 Å². The number of hydrogen-bond acceptors (Lipinski definition) is 4. The van der Waals surface area contributed by atoms with E-state index in [4.69, 9.17) is 14.6 Å². The van der Waals surface area contributed by atoms with Crippen LogP contribution in [-0.4, -0.2) is 36.8 Å². The molecule has 21 heavy (non-hydrogen) atoms. The Morgan fingerprint density at radius 2 is 2.19 bits per heavy atom. The van der Waals surface area contributed by atoms with Crippen molar-refractivity contribution in [3.63, 3.8) is 0 Å². The monoisotopic (exact) mass is 293 g/mol. The van der Waals surface area contributed by atoms with E-state index in [1.54, 1.807) is 12.1 Å². The molecule has 0 unspecified atom stereocenters. The van der Waals surface area contributed by atoms with Crippen molar-refractivity contribution in [3.8, 4) is 5.75 Å². The number of ether oxygens (including phenoxy) is 2. The van der Waals surface area contributed by atoms with Crippen molar-refractivity contribution in [3.05, 3.63) is 29.3 Å². The van der Waals surface area contributed by atoms with E-state index in [2.05, 4.69) is 5.32 Å². The molecular weight excluding hydrogens is 274 g/mol. The van der Waals surface area contributed by atoms with E-state index in [1.807, 2.05) is 6.92 Å². The van der Waals surface area contributed by atoms with Gasteiger partial charge in [0.2, 0.25) is 5.91 Å². The molecule has 0 aliphatic heterocycles. The van der Waals surface area contributed by atoms with Crippen LogP contribution in [0.1, 0.15) is 29.3 Å². The Kier molecular flexibility index (Phi) is 4.80. The maximum atomic E-state index is 11.9. The maximum Gasteiger partial charge on any atom is 0.339 e. The van der Waals surface area contributed by atoms with E-state index in [0.717, 1.165) is 12.0 Å². The summed E-state index contributed by atoms with van der Waals surface area (Å²) in [6, 6.07) is 4.83. The van der Waals surface area contributed by atoms with Gasteiger partial charge in [0.25, 0.3) is 0 Å². The van der Waals surface area contributed by atoms with Crippen LogP contribution in [0, 0.1) is 5.92 Å². The average molecular weight is 293 g/mol. The third kappa shape index (κ3) is 3.72. The standard InChI is InChI=1S/C15H19NO5/c1-3-21-13-7-10(13)14(17)16-8-9-4-5-12(20-2)11(6-9)15(18)19/h4-6,10,13H,3,7-8H2,1-2H3,(H,16,17)(H,18,19)/t10-,13+/m0/s1. The Hall–Kier alpha value is -2.08. The molecular formula is C15H19NO5. The number of carboxylic acid groups (broad SMARTS) is 1. The molecule has 114 valence electrons. The molecule has 1 fully saturated rings. The van der Waals surface area contributed by atoms with E-state index in [-0.39, 0.29) is 23.5 Å². The molecule has 0 spiro atoms. The van der Waals surface area contributed by atoms with Gasteiger partial charge in [-0.15, -0.1) is 0 Å². The maximum absolute atomic E-state index is 11.9. The Labute approximate surface area is 123 Å². The first-order valence-corrected chi connectivity index (χ1v) is 6.86. The van der Waals surface area contributed by atoms with Gasteiger partial charge >= 0.3 is 5.97 Å². The zero-order valence-electron chi connectivity index (χ0n) is 12.1. The Morgan fingerprint density at radius 3 is 2.81 bits per heavy atom. The first kappa shape index (κ1) is 15.3. The third-order valence-corrected chi connectivity index (χ3v) is 3.41. The highest BCUT2D eigenvalue weighted by Crippen LogP contribution is 2.33. The first-order chi connectivity index (χ1) is 10.1. The predicted octanol–water partition coefficient (Wildman–Crippen LogP) is 1.43. The molecule has 1 aromatic rings. The Morgan fingerprint density at radius 1 is 1.43 bits per heavy atom. The summed E-state index contributed by atoms with van der Waals surface area (Å²) < 4.78 is 10.4. The highest BCUT2D eigenvalue weighted by atomic mass is 16.5. The minimum absolute atomic E-state index is 0.0282. The summed E-state index contributed by atoms with van der Waals surface area (Å²) in [6.07, 6.45) is 0.781. The van der Waals surface area contributed by atoms with Gasteiger partial charge in [-0.05, 0) is 31.0 Å². The molecule has 1 aliphatic rings. The molecule has 1 amide bonds. The number of methoxy groups -OCH3 is 1. The number of benzene rings is 1. The number of rotatable bonds is 7. The molecule has 2 N–H and O–H groups in total. The lowest BCUT2D eigenvalue weighted by Gasteiger charge is -2.09. The van der Waals surface area contributed by atoms with Crippen LogP contribution in [-0.2, 0) is 16.1 Å². The number of aromatic carboxylic acids is 1. The predicted molar refractivity (Wildman–Crippen MR) is 75.3 cm³/mol. The van der Waals surface area contributed by atoms with E-state index in [0.29, 0.717) is 18.9 Å². The quantitative estimate of drug-likeness (QED) is 0.794. The summed E-state index contributed by atoms with van der Waals surface area (Å²) in [5, 5.41) is 11.9. The molecule has 0 bridgehead atoms. The van der Waals surface area contributed by atoms with Gasteiger partial charge in [0.15, 0.2) is 0 Å². The van der Waals surface area contributed by atoms with E-state index in [9.17, 15) is 9.59 Å². The highest BCUT2D eigenvalue weighted by Gasteiger charge is 2.43. The van der Waals surface area contributed by atoms with Crippen molar-refractivity contribution in [2.24, 2.45) is 5.92 Å². The smallest absolute Gasteiger partial charge is 0.339 e. The number of hydrogen-bond donors (Lipinski definition) is 2. The lowest BCUT2D eigenvalue weighted by Crippen LogP contribution is -2.26. The number of nitrogens with one attached hydrogen (secondary N) is 1. The second-order valence-electron chi connectivity index (χ2n) is 4.89. The molecule has 1 aromatic carbocycles. The van der Waals surface area contributed by atoms with Crippen molar-refractivity contribution in [2.45, 2.75) is 26.0 Å². The topological polar surface area (TPSA) is 84.9 Å². The van der Waals surface area contributed by atoms with Crippen LogP contribution in [0.3, 0.4) is 0 Å². The van der Waals surface area contributed by atoms with E-state index < -0.39 is 5.97 Å². The molecule has 6 heteroatoms. The SMILES string of the molecule is CCO[C@@H]1C[C@@H]1C(=O)NCc1ccc(OC)c(C(=O)O)c1. The lowest BCUT2D eigenvalue weighted by atomic mass is 10.1. The van der Waals surface area contributed by atoms with Gasteiger partial charge in [-0.3, -0.25) is 4.79 Å². The van der Waals surface area contributed by atoms with Crippen LogP contribution in [0.5, 0.6) is 5.75 Å². The molecule has 2 atom stereocenters. The Bertz CT molecular complexity index is 543. The summed E-state index contributed by atoms with van der Waals surface area (Å²) in [6.45, 7) is 2.80. The lowest BCUT2D eigenvalue weighted by molar-refractivity contribution is -0.123. The number of amides is 1. The van der Waals surface area contributed by atoms with Crippen LogP contribution in [0.2, 0.25) is 0 Å². The second kappa shape index (κ2) is 6.58. The van der Waals surface area contributed by atoms with Crippen molar-refractivity contribution in [1.29, 1.82) is 0 Å². The minimum atomic E-state index is -1.06. The molecule has 1 saturated carbocycles. The number of carbonyl (C=O) groups is 2. The van der Waals surface area contributed by atoms with Crippen molar-refractivity contribution >= 4 is 11.9 Å². The molecule has 0 aromatic heterocycles. The summed E-state index contributed by atoms with van der Waals surface area (Å²) in [4.78, 5) is 23.0. The van der Waals surface area contributed by atoms with Crippen LogP contribution in [0.4, 0.5) is 0 Å². The van der Waals surface area contributed by atoms with Crippen LogP contribution < -0.4 is 10.1 Å². The summed E-state index contributed by atoms with van der Waals surface area (Å²) in [5.41, 5.74) is 0.804. The van der Waals surface area contributed by atoms with Gasteiger partial charge < -0.3 is 19.9 Å². The zero-order valence-corrected chi connectivity index (χ0v) is 12.1. The van der Waals surface area contributed by atoms with Gasteiger partial charge in [0.1, 0.15) is 11.3 Å². The highest BCUT2D eigenvalue weighted by molar-refractivity contribution is 5.91. The zero-order chi connectivity index (χ0) is 15.4. The van der Waals surface area contributed by atoms with Crippen molar-refractivity contribution in [1.82, 2.24) is 5.32 Å². The summed E-state index contributed by atoms with van der Waals surface area (Å²) >= 11 is 0. The van der Waals surface area contributed by atoms with Gasteiger partial charge in [-0.25, -0.2) is 4.79 Å². The van der Waals surface area contributed by atoms with Gasteiger partial charge in [0, 0.05) is 13.2 Å². The fraction of sp³-hybridized carbons (Fsp3) is 0.467. The normalized spacial score (nSPS) is 19.9. The summed E-state index contributed by atoms with van der Waals surface area (Å²) in [5.74, 6) is -0.891. The number of carbonyl (C=O) groups excluding carboxylic acids is 1. The second-order valence-corrected chi connectivity index (χ2v) is 4.89. The number of carboxylic acids is 1. The summed E-state index contributed by atoms with van der Waals surface area (Å²) in [7, 11) is 1.42. The van der Waals surface area contributed by atoms with Crippen LogP contribution in [0.25, 0.3) is 0 Å².